The number of rotatable bonds is 3. The number of imidazole rings is 1. The number of amides is 1. The van der Waals surface area contributed by atoms with Crippen molar-refractivity contribution in [2.75, 3.05) is 13.1 Å². The molecule has 7 nitrogen and oxygen atoms in total. The molecular formula is C18H20N6O. The second kappa shape index (κ2) is 6.51. The van der Waals surface area contributed by atoms with E-state index in [4.69, 9.17) is 0 Å². The van der Waals surface area contributed by atoms with Gasteiger partial charge >= 0.3 is 0 Å². The van der Waals surface area contributed by atoms with Crippen LogP contribution in [0.25, 0.3) is 11.3 Å². The molecule has 4 rings (SSSR count). The number of hydrogen-bond acceptors (Lipinski definition) is 4. The fourth-order valence-electron chi connectivity index (χ4n) is 3.40. The Hall–Kier alpha value is -2.96. The van der Waals surface area contributed by atoms with E-state index in [0.717, 1.165) is 24.9 Å². The van der Waals surface area contributed by atoms with Crippen LogP contribution in [-0.4, -0.2) is 48.2 Å². The third-order valence-corrected chi connectivity index (χ3v) is 4.62. The molecule has 0 N–H and O–H groups in total. The second-order valence-corrected chi connectivity index (χ2v) is 6.36. The molecule has 3 aromatic rings. The lowest BCUT2D eigenvalue weighted by Gasteiger charge is -2.33. The van der Waals surface area contributed by atoms with Crippen LogP contribution in [0.5, 0.6) is 0 Å². The Balaban J connectivity index is 1.61. The van der Waals surface area contributed by atoms with Crippen LogP contribution in [-0.2, 0) is 7.05 Å². The lowest BCUT2D eigenvalue weighted by molar-refractivity contribution is 0.0680. The predicted octanol–water partition coefficient (Wildman–Crippen LogP) is 2.16. The summed E-state index contributed by atoms with van der Waals surface area (Å²) in [5.41, 5.74) is 2.17. The Labute approximate surface area is 145 Å². The molecule has 1 atom stereocenters. The van der Waals surface area contributed by atoms with Crippen molar-refractivity contribution in [2.24, 2.45) is 7.05 Å². The van der Waals surface area contributed by atoms with Crippen molar-refractivity contribution >= 4 is 5.91 Å². The van der Waals surface area contributed by atoms with Crippen LogP contribution < -0.4 is 0 Å². The Morgan fingerprint density at radius 1 is 1.28 bits per heavy atom. The number of likely N-dealkylation sites (tertiary alicyclic amines) is 1. The number of pyridine rings is 1. The summed E-state index contributed by atoms with van der Waals surface area (Å²) in [5, 5.41) is 4.48. The fraction of sp³-hybridized carbons (Fsp3) is 0.333. The normalized spacial score (nSPS) is 17.6. The van der Waals surface area contributed by atoms with Gasteiger partial charge in [-0.3, -0.25) is 14.5 Å². The highest BCUT2D eigenvalue weighted by atomic mass is 16.2. The van der Waals surface area contributed by atoms with Crippen molar-refractivity contribution in [1.82, 2.24) is 29.2 Å². The second-order valence-electron chi connectivity index (χ2n) is 6.36. The molecule has 3 aromatic heterocycles. The molecule has 1 aliphatic rings. The van der Waals surface area contributed by atoms with E-state index in [9.17, 15) is 4.79 Å². The predicted molar refractivity (Wildman–Crippen MR) is 92.8 cm³/mol. The average molecular weight is 336 g/mol. The number of aryl methyl sites for hydroxylation is 1. The van der Waals surface area contributed by atoms with E-state index in [1.54, 1.807) is 29.5 Å². The summed E-state index contributed by atoms with van der Waals surface area (Å²) in [6, 6.07) is 4.06. The molecule has 1 fully saturated rings. The first kappa shape index (κ1) is 15.6. The quantitative estimate of drug-likeness (QED) is 0.735. The molecule has 25 heavy (non-hydrogen) atoms. The fourth-order valence-corrected chi connectivity index (χ4v) is 3.40. The Morgan fingerprint density at radius 3 is 2.96 bits per heavy atom. The Morgan fingerprint density at radius 2 is 2.20 bits per heavy atom. The van der Waals surface area contributed by atoms with E-state index < -0.39 is 0 Å². The van der Waals surface area contributed by atoms with Crippen LogP contribution in [0.4, 0.5) is 0 Å². The monoisotopic (exact) mass is 336 g/mol. The van der Waals surface area contributed by atoms with Gasteiger partial charge in [0, 0.05) is 56.7 Å². The molecule has 0 unspecified atom stereocenters. The van der Waals surface area contributed by atoms with Crippen LogP contribution in [0.3, 0.4) is 0 Å². The summed E-state index contributed by atoms with van der Waals surface area (Å²) in [7, 11) is 1.83. The van der Waals surface area contributed by atoms with Gasteiger partial charge < -0.3 is 9.47 Å². The third kappa shape index (κ3) is 3.05. The molecule has 0 spiro atoms. The molecule has 7 heteroatoms. The highest BCUT2D eigenvalue weighted by Crippen LogP contribution is 2.26. The van der Waals surface area contributed by atoms with Crippen molar-refractivity contribution in [3.63, 3.8) is 0 Å². The topological polar surface area (TPSA) is 68.8 Å². The molecule has 4 heterocycles. The van der Waals surface area contributed by atoms with Gasteiger partial charge in [0.1, 0.15) is 5.69 Å². The average Bonchev–Trinajstić information content (AvgIpc) is 3.32. The van der Waals surface area contributed by atoms with E-state index in [0.29, 0.717) is 17.8 Å². The van der Waals surface area contributed by atoms with Gasteiger partial charge in [0.2, 0.25) is 0 Å². The van der Waals surface area contributed by atoms with Crippen LogP contribution in [0.15, 0.2) is 49.4 Å². The van der Waals surface area contributed by atoms with Crippen LogP contribution in [0, 0.1) is 0 Å². The number of aromatic nitrogens is 5. The zero-order valence-electron chi connectivity index (χ0n) is 14.1. The van der Waals surface area contributed by atoms with Crippen molar-refractivity contribution in [2.45, 2.75) is 18.9 Å². The number of hydrogen-bond donors (Lipinski definition) is 0. The zero-order valence-corrected chi connectivity index (χ0v) is 14.1. The number of piperidine rings is 1. The number of nitrogens with zero attached hydrogens (tertiary/aromatic N) is 6. The lowest BCUT2D eigenvalue weighted by Crippen LogP contribution is -2.40. The molecule has 128 valence electrons. The molecule has 1 saturated heterocycles. The number of carbonyl (C=O) groups excluding carboxylic acids is 1. The molecule has 1 amide bonds. The van der Waals surface area contributed by atoms with E-state index in [2.05, 4.69) is 19.6 Å². The summed E-state index contributed by atoms with van der Waals surface area (Å²) < 4.78 is 3.78. The first-order valence-electron chi connectivity index (χ1n) is 8.43. The summed E-state index contributed by atoms with van der Waals surface area (Å²) in [5.74, 6) is 0.0248. The standard InChI is InChI=1S/C18H20N6O/c1-22-12-16(17(21-22)14-4-2-6-19-10-14)18(25)23-8-3-5-15(11-23)24-9-7-20-13-24/h2,4,6-7,9-10,12-13,15H,3,5,8,11H2,1H3/t15-/m1/s1. The molecule has 0 saturated carbocycles. The van der Waals surface area contributed by atoms with Crippen molar-refractivity contribution in [3.05, 3.63) is 55.0 Å². The minimum absolute atomic E-state index is 0.0248. The molecule has 1 aliphatic heterocycles. The highest BCUT2D eigenvalue weighted by Gasteiger charge is 2.28. The van der Waals surface area contributed by atoms with Gasteiger partial charge in [-0.05, 0) is 25.0 Å². The van der Waals surface area contributed by atoms with Gasteiger partial charge in [-0.2, -0.15) is 5.10 Å². The Kier molecular flexibility index (Phi) is 4.05. The first-order chi connectivity index (χ1) is 12.2. The Bertz CT molecular complexity index is 855. The van der Waals surface area contributed by atoms with E-state index in [-0.39, 0.29) is 11.9 Å². The van der Waals surface area contributed by atoms with E-state index >= 15 is 0 Å². The maximum atomic E-state index is 13.1. The molecule has 0 aliphatic carbocycles. The van der Waals surface area contributed by atoms with Gasteiger partial charge in [0.15, 0.2) is 0 Å². The zero-order chi connectivity index (χ0) is 17.2. The minimum Gasteiger partial charge on any atom is -0.336 e. The molecule has 0 aromatic carbocycles. The maximum absolute atomic E-state index is 13.1. The highest BCUT2D eigenvalue weighted by molar-refractivity contribution is 5.99. The van der Waals surface area contributed by atoms with Crippen LogP contribution in [0.2, 0.25) is 0 Å². The van der Waals surface area contributed by atoms with Gasteiger partial charge in [-0.1, -0.05) is 0 Å². The SMILES string of the molecule is Cn1cc(C(=O)N2CCC[C@@H](n3ccnc3)C2)c(-c2cccnc2)n1. The first-order valence-corrected chi connectivity index (χ1v) is 8.43. The largest absolute Gasteiger partial charge is 0.336 e. The van der Waals surface area contributed by atoms with Crippen molar-refractivity contribution in [3.8, 4) is 11.3 Å². The molecule has 0 bridgehead atoms. The van der Waals surface area contributed by atoms with Crippen molar-refractivity contribution in [1.29, 1.82) is 0 Å². The summed E-state index contributed by atoms with van der Waals surface area (Å²) in [4.78, 5) is 23.3. The maximum Gasteiger partial charge on any atom is 0.257 e. The smallest absolute Gasteiger partial charge is 0.257 e. The summed E-state index contributed by atoms with van der Waals surface area (Å²) in [6.07, 6.45) is 12.9. The van der Waals surface area contributed by atoms with Crippen LogP contribution in [0.1, 0.15) is 29.2 Å². The lowest BCUT2D eigenvalue weighted by atomic mass is 10.0. The van der Waals surface area contributed by atoms with Gasteiger partial charge in [-0.15, -0.1) is 0 Å². The number of carbonyl (C=O) groups is 1. The minimum atomic E-state index is 0.0248. The van der Waals surface area contributed by atoms with Gasteiger partial charge in [0.25, 0.3) is 5.91 Å². The van der Waals surface area contributed by atoms with Crippen molar-refractivity contribution < 1.29 is 4.79 Å². The van der Waals surface area contributed by atoms with Crippen LogP contribution >= 0.6 is 0 Å². The van der Waals surface area contributed by atoms with Gasteiger partial charge in [-0.25, -0.2) is 4.98 Å². The molecule has 0 radical (unpaired) electrons. The third-order valence-electron chi connectivity index (χ3n) is 4.62. The van der Waals surface area contributed by atoms with Gasteiger partial charge in [0.05, 0.1) is 17.9 Å². The molecular weight excluding hydrogens is 316 g/mol. The van der Waals surface area contributed by atoms with E-state index in [1.165, 1.54) is 0 Å². The summed E-state index contributed by atoms with van der Waals surface area (Å²) >= 11 is 0. The van der Waals surface area contributed by atoms with E-state index in [1.807, 2.05) is 36.6 Å². The summed E-state index contributed by atoms with van der Waals surface area (Å²) in [6.45, 7) is 1.46.